The molecule has 4 rings (SSSR count). The molecule has 134 valence electrons. The molecule has 0 amide bonds. The lowest BCUT2D eigenvalue weighted by Crippen LogP contribution is -2.25. The van der Waals surface area contributed by atoms with Gasteiger partial charge in [0.1, 0.15) is 24.5 Å². The second-order valence-electron chi connectivity index (χ2n) is 6.71. The molecule has 3 heterocycles. The lowest BCUT2D eigenvalue weighted by atomic mass is 10.1. The summed E-state index contributed by atoms with van der Waals surface area (Å²) in [7, 11) is 0. The highest BCUT2D eigenvalue weighted by Crippen LogP contribution is 2.25. The summed E-state index contributed by atoms with van der Waals surface area (Å²) in [5.41, 5.74) is 2.09. The lowest BCUT2D eigenvalue weighted by molar-refractivity contribution is -0.0110. The average Bonchev–Trinajstić information content (AvgIpc) is 3.30. The van der Waals surface area contributed by atoms with Crippen LogP contribution in [0.4, 0.5) is 0 Å². The van der Waals surface area contributed by atoms with Gasteiger partial charge in [0.2, 0.25) is 0 Å². The number of aliphatic hydroxyl groups is 1. The monoisotopic (exact) mass is 344 g/mol. The van der Waals surface area contributed by atoms with Crippen LogP contribution in [0.3, 0.4) is 0 Å². The molecule has 3 atom stereocenters. The molecule has 2 saturated heterocycles. The predicted molar refractivity (Wildman–Crippen MR) is 92.6 cm³/mol. The molecule has 2 aromatic rings. The minimum atomic E-state index is -0.495. The molecule has 0 spiro atoms. The van der Waals surface area contributed by atoms with Gasteiger partial charge in [0.05, 0.1) is 25.5 Å². The van der Waals surface area contributed by atoms with Crippen LogP contribution >= 0.6 is 0 Å². The largest absolute Gasteiger partial charge is 0.491 e. The van der Waals surface area contributed by atoms with Crippen molar-refractivity contribution >= 4 is 0 Å². The van der Waals surface area contributed by atoms with E-state index in [9.17, 15) is 5.11 Å². The molecule has 0 saturated carbocycles. The van der Waals surface area contributed by atoms with E-state index in [1.165, 1.54) is 6.42 Å². The lowest BCUT2D eigenvalue weighted by Gasteiger charge is -2.22. The third kappa shape index (κ3) is 3.86. The molecule has 2 fully saturated rings. The Hall–Kier alpha value is -1.89. The number of ether oxygens (including phenoxy) is 3. The van der Waals surface area contributed by atoms with Gasteiger partial charge in [-0.05, 0) is 37.0 Å². The van der Waals surface area contributed by atoms with Crippen LogP contribution in [-0.2, 0) is 9.47 Å². The first-order chi connectivity index (χ1) is 12.3. The van der Waals surface area contributed by atoms with Crippen LogP contribution in [-0.4, -0.2) is 53.5 Å². The minimum Gasteiger partial charge on any atom is -0.491 e. The van der Waals surface area contributed by atoms with Crippen LogP contribution in [0.1, 0.15) is 25.3 Å². The summed E-state index contributed by atoms with van der Waals surface area (Å²) < 4.78 is 18.6. The second kappa shape index (κ2) is 7.56. The molecule has 2 aliphatic rings. The van der Waals surface area contributed by atoms with Gasteiger partial charge in [0.25, 0.3) is 0 Å². The van der Waals surface area contributed by atoms with Crippen LogP contribution < -0.4 is 4.74 Å². The van der Waals surface area contributed by atoms with E-state index in [4.69, 9.17) is 14.2 Å². The summed E-state index contributed by atoms with van der Waals surface area (Å²) in [6.07, 6.45) is 6.94. The molecule has 25 heavy (non-hydrogen) atoms. The minimum absolute atomic E-state index is 0.105. The smallest absolute Gasteiger partial charge is 0.119 e. The zero-order valence-corrected chi connectivity index (χ0v) is 14.2. The molecular weight excluding hydrogens is 320 g/mol. The van der Waals surface area contributed by atoms with Crippen LogP contribution in [0.25, 0.3) is 11.1 Å². The Morgan fingerprint density at radius 1 is 1.16 bits per heavy atom. The SMILES string of the molecule is O[C@@H]1COC[C@H]1n1cc(-c2ccc(OCC3CCCCO3)cc2)cn1. The number of benzene rings is 1. The molecule has 2 aliphatic heterocycles. The van der Waals surface area contributed by atoms with E-state index in [-0.39, 0.29) is 12.1 Å². The molecule has 6 nitrogen and oxygen atoms in total. The molecule has 6 heteroatoms. The highest BCUT2D eigenvalue weighted by molar-refractivity contribution is 5.62. The molecular formula is C19H24N2O4. The van der Waals surface area contributed by atoms with Gasteiger partial charge in [-0.2, -0.15) is 5.10 Å². The summed E-state index contributed by atoms with van der Waals surface area (Å²) in [5, 5.41) is 14.3. The first-order valence-corrected chi connectivity index (χ1v) is 8.94. The zero-order chi connectivity index (χ0) is 17.1. The Morgan fingerprint density at radius 3 is 2.76 bits per heavy atom. The molecule has 1 N–H and O–H groups in total. The molecule has 0 aliphatic carbocycles. The summed E-state index contributed by atoms with van der Waals surface area (Å²) >= 11 is 0. The van der Waals surface area contributed by atoms with Crippen molar-refractivity contribution in [2.45, 2.75) is 37.5 Å². The fourth-order valence-corrected chi connectivity index (χ4v) is 3.32. The number of aliphatic hydroxyl groups excluding tert-OH is 1. The number of hydrogen-bond acceptors (Lipinski definition) is 5. The molecule has 1 aromatic heterocycles. The normalized spacial score (nSPS) is 26.7. The number of aromatic nitrogens is 2. The van der Waals surface area contributed by atoms with Crippen molar-refractivity contribution in [1.82, 2.24) is 9.78 Å². The fraction of sp³-hybridized carbons (Fsp3) is 0.526. The molecule has 1 unspecified atom stereocenters. The van der Waals surface area contributed by atoms with Crippen molar-refractivity contribution < 1.29 is 19.3 Å². The zero-order valence-electron chi connectivity index (χ0n) is 14.2. The van der Waals surface area contributed by atoms with E-state index in [2.05, 4.69) is 5.10 Å². The van der Waals surface area contributed by atoms with Crippen LogP contribution in [0, 0.1) is 0 Å². The third-order valence-electron chi connectivity index (χ3n) is 4.86. The molecule has 0 radical (unpaired) electrons. The third-order valence-corrected chi connectivity index (χ3v) is 4.86. The Kier molecular flexibility index (Phi) is 5.01. The summed E-state index contributed by atoms with van der Waals surface area (Å²) in [6, 6.07) is 7.90. The Bertz CT molecular complexity index is 679. The van der Waals surface area contributed by atoms with Gasteiger partial charge in [-0.25, -0.2) is 0 Å². The van der Waals surface area contributed by atoms with Crippen LogP contribution in [0.2, 0.25) is 0 Å². The van der Waals surface area contributed by atoms with Crippen molar-refractivity contribution in [1.29, 1.82) is 0 Å². The van der Waals surface area contributed by atoms with Gasteiger partial charge in [-0.1, -0.05) is 12.1 Å². The van der Waals surface area contributed by atoms with Crippen molar-refractivity contribution in [3.05, 3.63) is 36.7 Å². The van der Waals surface area contributed by atoms with Crippen LogP contribution in [0.15, 0.2) is 36.7 Å². The number of rotatable bonds is 5. The summed E-state index contributed by atoms with van der Waals surface area (Å²) in [5.74, 6) is 0.852. The van der Waals surface area contributed by atoms with E-state index in [0.717, 1.165) is 36.3 Å². The molecule has 1 aromatic carbocycles. The van der Waals surface area contributed by atoms with E-state index in [0.29, 0.717) is 19.8 Å². The first kappa shape index (κ1) is 16.6. The van der Waals surface area contributed by atoms with Crippen molar-refractivity contribution in [2.75, 3.05) is 26.4 Å². The maximum absolute atomic E-state index is 9.91. The van der Waals surface area contributed by atoms with Crippen molar-refractivity contribution in [3.63, 3.8) is 0 Å². The summed E-state index contributed by atoms with van der Waals surface area (Å²) in [6.45, 7) is 2.32. The average molecular weight is 344 g/mol. The van der Waals surface area contributed by atoms with Crippen LogP contribution in [0.5, 0.6) is 5.75 Å². The first-order valence-electron chi connectivity index (χ1n) is 8.94. The number of hydrogen-bond donors (Lipinski definition) is 1. The van der Waals surface area contributed by atoms with E-state index >= 15 is 0 Å². The van der Waals surface area contributed by atoms with E-state index < -0.39 is 6.10 Å². The predicted octanol–water partition coefficient (Wildman–Crippen LogP) is 2.43. The van der Waals surface area contributed by atoms with Gasteiger partial charge in [-0.15, -0.1) is 0 Å². The fourth-order valence-electron chi connectivity index (χ4n) is 3.32. The van der Waals surface area contributed by atoms with Gasteiger partial charge in [-0.3, -0.25) is 4.68 Å². The van der Waals surface area contributed by atoms with Crippen molar-refractivity contribution in [2.24, 2.45) is 0 Å². The highest BCUT2D eigenvalue weighted by atomic mass is 16.5. The highest BCUT2D eigenvalue weighted by Gasteiger charge is 2.28. The standard InChI is InChI=1S/C19H24N2O4/c22-19-13-23-12-18(19)21-10-15(9-20-21)14-4-6-16(7-5-14)25-11-17-3-1-2-8-24-17/h4-7,9-10,17-19,22H,1-3,8,11-13H2/t17?,18-,19-/m1/s1. The van der Waals surface area contributed by atoms with E-state index in [1.54, 1.807) is 4.68 Å². The van der Waals surface area contributed by atoms with Gasteiger partial charge < -0.3 is 19.3 Å². The second-order valence-corrected chi connectivity index (χ2v) is 6.71. The van der Waals surface area contributed by atoms with Gasteiger partial charge in [0.15, 0.2) is 0 Å². The molecule has 0 bridgehead atoms. The van der Waals surface area contributed by atoms with E-state index in [1.807, 2.05) is 36.7 Å². The van der Waals surface area contributed by atoms with Gasteiger partial charge >= 0.3 is 0 Å². The maximum atomic E-state index is 9.91. The Balaban J connectivity index is 1.37. The quantitative estimate of drug-likeness (QED) is 0.902. The topological polar surface area (TPSA) is 65.7 Å². The van der Waals surface area contributed by atoms with Gasteiger partial charge in [0, 0.05) is 18.4 Å². The Labute approximate surface area is 147 Å². The summed E-state index contributed by atoms with van der Waals surface area (Å²) in [4.78, 5) is 0. The van der Waals surface area contributed by atoms with Crippen molar-refractivity contribution in [3.8, 4) is 16.9 Å². The Morgan fingerprint density at radius 2 is 2.04 bits per heavy atom. The number of nitrogens with zero attached hydrogens (tertiary/aromatic N) is 2. The maximum Gasteiger partial charge on any atom is 0.119 e.